The first-order chi connectivity index (χ1) is 3.43. The van der Waals surface area contributed by atoms with Crippen molar-refractivity contribution in [2.45, 2.75) is 13.5 Å². The molecule has 1 aliphatic heterocycles. The van der Waals surface area contributed by atoms with Crippen LogP contribution in [0.1, 0.15) is 7.43 Å². The third-order valence-electron chi connectivity index (χ3n) is 0.753. The molecular weight excluding hydrogens is 108 g/mol. The standard InChI is InChI=1S/C4H6O3.CH4/c5-3-6-1-4-2-7-4;/h3-4H,1-2H2;1H4. The fourth-order valence-electron chi connectivity index (χ4n) is 0.311. The van der Waals surface area contributed by atoms with Crippen LogP contribution in [-0.4, -0.2) is 25.8 Å². The predicted molar refractivity (Wildman–Crippen MR) is 28.5 cm³/mol. The van der Waals surface area contributed by atoms with Crippen molar-refractivity contribution in [1.29, 1.82) is 0 Å². The molecule has 1 atom stereocenters. The zero-order chi connectivity index (χ0) is 5.11. The number of hydrogen-bond acceptors (Lipinski definition) is 3. The topological polar surface area (TPSA) is 38.8 Å². The Bertz CT molecular complexity index is 68.1. The fraction of sp³-hybridized carbons (Fsp3) is 0.800. The van der Waals surface area contributed by atoms with Crippen molar-refractivity contribution in [2.75, 3.05) is 13.2 Å². The molecule has 0 aliphatic carbocycles. The minimum Gasteiger partial charge on any atom is -0.465 e. The molecule has 1 saturated heterocycles. The first-order valence-electron chi connectivity index (χ1n) is 2.10. The van der Waals surface area contributed by atoms with E-state index in [0.29, 0.717) is 13.1 Å². The van der Waals surface area contributed by atoms with Crippen LogP contribution < -0.4 is 0 Å². The van der Waals surface area contributed by atoms with Crippen molar-refractivity contribution in [2.24, 2.45) is 0 Å². The van der Waals surface area contributed by atoms with Gasteiger partial charge < -0.3 is 9.47 Å². The van der Waals surface area contributed by atoms with Crippen LogP contribution in [0.3, 0.4) is 0 Å². The highest BCUT2D eigenvalue weighted by Gasteiger charge is 2.22. The van der Waals surface area contributed by atoms with E-state index < -0.39 is 0 Å². The number of carbonyl (C=O) groups is 1. The Kier molecular flexibility index (Phi) is 3.19. The van der Waals surface area contributed by atoms with Crippen molar-refractivity contribution in [3.8, 4) is 0 Å². The van der Waals surface area contributed by atoms with Gasteiger partial charge in [0, 0.05) is 0 Å². The molecule has 1 aliphatic rings. The van der Waals surface area contributed by atoms with Gasteiger partial charge in [-0.2, -0.15) is 0 Å². The van der Waals surface area contributed by atoms with E-state index in [1.54, 1.807) is 0 Å². The molecule has 1 unspecified atom stereocenters. The maximum Gasteiger partial charge on any atom is 0.293 e. The van der Waals surface area contributed by atoms with Crippen LogP contribution >= 0.6 is 0 Å². The Morgan fingerprint density at radius 3 is 2.88 bits per heavy atom. The molecule has 1 rings (SSSR count). The maximum absolute atomic E-state index is 9.46. The van der Waals surface area contributed by atoms with Crippen LogP contribution in [-0.2, 0) is 14.3 Å². The molecule has 1 heterocycles. The van der Waals surface area contributed by atoms with Crippen LogP contribution in [0.25, 0.3) is 0 Å². The molecular formula is C5H10O3. The highest BCUT2D eigenvalue weighted by Crippen LogP contribution is 2.07. The molecule has 0 amide bonds. The molecule has 3 nitrogen and oxygen atoms in total. The largest absolute Gasteiger partial charge is 0.465 e. The quantitative estimate of drug-likeness (QED) is 0.392. The summed E-state index contributed by atoms with van der Waals surface area (Å²) in [5.74, 6) is 0. The third-order valence-corrected chi connectivity index (χ3v) is 0.753. The summed E-state index contributed by atoms with van der Waals surface area (Å²) in [5, 5.41) is 0. The van der Waals surface area contributed by atoms with Crippen molar-refractivity contribution in [1.82, 2.24) is 0 Å². The average molecular weight is 118 g/mol. The van der Waals surface area contributed by atoms with Gasteiger partial charge in [-0.1, -0.05) is 7.43 Å². The van der Waals surface area contributed by atoms with Gasteiger partial charge in [0.1, 0.15) is 12.7 Å². The van der Waals surface area contributed by atoms with Gasteiger partial charge in [-0.15, -0.1) is 0 Å². The van der Waals surface area contributed by atoms with Crippen LogP contribution in [0.15, 0.2) is 0 Å². The van der Waals surface area contributed by atoms with Crippen LogP contribution in [0.2, 0.25) is 0 Å². The summed E-state index contributed by atoms with van der Waals surface area (Å²) >= 11 is 0. The number of hydrogen-bond donors (Lipinski definition) is 0. The molecule has 0 saturated carbocycles. The first-order valence-corrected chi connectivity index (χ1v) is 2.10. The highest BCUT2D eigenvalue weighted by atomic mass is 16.6. The minimum absolute atomic E-state index is 0. The van der Waals surface area contributed by atoms with E-state index in [1.165, 1.54) is 0 Å². The van der Waals surface area contributed by atoms with E-state index in [1.807, 2.05) is 0 Å². The summed E-state index contributed by atoms with van der Waals surface area (Å²) in [6.45, 7) is 1.60. The molecule has 48 valence electrons. The van der Waals surface area contributed by atoms with Crippen molar-refractivity contribution >= 4 is 6.47 Å². The van der Waals surface area contributed by atoms with Gasteiger partial charge in [0.05, 0.1) is 6.61 Å². The van der Waals surface area contributed by atoms with Crippen molar-refractivity contribution < 1.29 is 14.3 Å². The fourth-order valence-corrected chi connectivity index (χ4v) is 0.311. The van der Waals surface area contributed by atoms with Crippen LogP contribution in [0.4, 0.5) is 0 Å². The maximum atomic E-state index is 9.46. The predicted octanol–water partition coefficient (Wildman–Crippen LogP) is 0.194. The molecule has 0 radical (unpaired) electrons. The summed E-state index contributed by atoms with van der Waals surface area (Å²) in [6, 6.07) is 0. The molecule has 0 spiro atoms. The lowest BCUT2D eigenvalue weighted by atomic mass is 10.5. The van der Waals surface area contributed by atoms with Gasteiger partial charge in [-0.05, 0) is 0 Å². The second kappa shape index (κ2) is 3.43. The van der Waals surface area contributed by atoms with Gasteiger partial charge >= 0.3 is 0 Å². The molecule has 0 aromatic heterocycles. The van der Waals surface area contributed by atoms with E-state index >= 15 is 0 Å². The van der Waals surface area contributed by atoms with Gasteiger partial charge in [0.25, 0.3) is 6.47 Å². The second-order valence-corrected chi connectivity index (χ2v) is 1.38. The summed E-state index contributed by atoms with van der Waals surface area (Å²) in [7, 11) is 0. The number of rotatable bonds is 3. The third kappa shape index (κ3) is 2.58. The Labute approximate surface area is 48.6 Å². The van der Waals surface area contributed by atoms with E-state index in [4.69, 9.17) is 4.74 Å². The summed E-state index contributed by atoms with van der Waals surface area (Å²) in [4.78, 5) is 9.46. The van der Waals surface area contributed by atoms with Crippen LogP contribution in [0, 0.1) is 0 Å². The average Bonchev–Trinajstić information content (AvgIpc) is 2.42. The lowest BCUT2D eigenvalue weighted by Gasteiger charge is -1.86. The van der Waals surface area contributed by atoms with Crippen LogP contribution in [0.5, 0.6) is 0 Å². The smallest absolute Gasteiger partial charge is 0.293 e. The lowest BCUT2D eigenvalue weighted by molar-refractivity contribution is -0.129. The number of carbonyl (C=O) groups excluding carboxylic acids is 1. The van der Waals surface area contributed by atoms with Gasteiger partial charge in [-0.25, -0.2) is 0 Å². The summed E-state index contributed by atoms with van der Waals surface area (Å²) in [5.41, 5.74) is 0. The first kappa shape index (κ1) is 7.43. The number of epoxide rings is 1. The molecule has 0 aromatic rings. The Morgan fingerprint density at radius 2 is 2.50 bits per heavy atom. The SMILES string of the molecule is C.O=COCC1CO1. The summed E-state index contributed by atoms with van der Waals surface area (Å²) in [6.07, 6.45) is 0.199. The van der Waals surface area contributed by atoms with Gasteiger partial charge in [-0.3, -0.25) is 4.79 Å². The van der Waals surface area contributed by atoms with E-state index in [2.05, 4.69) is 4.74 Å². The van der Waals surface area contributed by atoms with E-state index in [-0.39, 0.29) is 13.5 Å². The molecule has 8 heavy (non-hydrogen) atoms. The zero-order valence-electron chi connectivity index (χ0n) is 3.79. The molecule has 3 heteroatoms. The second-order valence-electron chi connectivity index (χ2n) is 1.38. The Hall–Kier alpha value is -0.570. The van der Waals surface area contributed by atoms with Crippen molar-refractivity contribution in [3.05, 3.63) is 0 Å². The normalized spacial score (nSPS) is 23.2. The molecule has 0 bridgehead atoms. The molecule has 0 aromatic carbocycles. The molecule has 0 N–H and O–H groups in total. The Morgan fingerprint density at radius 1 is 1.88 bits per heavy atom. The zero-order valence-corrected chi connectivity index (χ0v) is 3.79. The van der Waals surface area contributed by atoms with E-state index in [0.717, 1.165) is 6.61 Å². The lowest BCUT2D eigenvalue weighted by Crippen LogP contribution is -1.97. The van der Waals surface area contributed by atoms with E-state index in [9.17, 15) is 4.79 Å². The van der Waals surface area contributed by atoms with Gasteiger partial charge in [0.15, 0.2) is 0 Å². The molecule has 1 fully saturated rings. The highest BCUT2D eigenvalue weighted by molar-refractivity contribution is 5.36. The Balaban J connectivity index is 0.000000490. The number of ether oxygens (including phenoxy) is 2. The minimum atomic E-state index is 0. The monoisotopic (exact) mass is 118 g/mol. The van der Waals surface area contributed by atoms with Crippen molar-refractivity contribution in [3.63, 3.8) is 0 Å². The summed E-state index contributed by atoms with van der Waals surface area (Å²) < 4.78 is 9.08. The van der Waals surface area contributed by atoms with Gasteiger partial charge in [0.2, 0.25) is 0 Å².